The lowest BCUT2D eigenvalue weighted by atomic mass is 10.4. The summed E-state index contributed by atoms with van der Waals surface area (Å²) in [6, 6.07) is 1.60. The molecule has 1 aromatic rings. The van der Waals surface area contributed by atoms with Gasteiger partial charge in [0.2, 0.25) is 5.91 Å². The van der Waals surface area contributed by atoms with Gasteiger partial charge in [-0.1, -0.05) is 0 Å². The number of hydrogen-bond donors (Lipinski definition) is 0. The lowest BCUT2D eigenvalue weighted by molar-refractivity contribution is -0.128. The van der Waals surface area contributed by atoms with Gasteiger partial charge in [0.05, 0.1) is 16.9 Å². The number of methoxy groups -OCH3 is 1. The summed E-state index contributed by atoms with van der Waals surface area (Å²) in [6.07, 6.45) is 0. The maximum Gasteiger partial charge on any atom is 0.253 e. The van der Waals surface area contributed by atoms with Crippen LogP contribution in [-0.4, -0.2) is 64.4 Å². The Labute approximate surface area is 137 Å². The highest BCUT2D eigenvalue weighted by atomic mass is 79.9. The summed E-state index contributed by atoms with van der Waals surface area (Å²) < 4.78 is 32.4. The zero-order chi connectivity index (χ0) is 16.2. The van der Waals surface area contributed by atoms with Gasteiger partial charge in [0.15, 0.2) is 0 Å². The average Bonchev–Trinajstić information content (AvgIpc) is 2.74. The number of carbonyl (C=O) groups is 1. The highest BCUT2D eigenvalue weighted by Crippen LogP contribution is 2.32. The SMILES string of the molecule is COCCN(CC(=O)N(C)C)S(=O)(=O)c1cc(C)c(Br)s1. The molecule has 0 aliphatic heterocycles. The van der Waals surface area contributed by atoms with E-state index in [4.69, 9.17) is 4.74 Å². The summed E-state index contributed by atoms with van der Waals surface area (Å²) in [5.74, 6) is -0.276. The zero-order valence-corrected chi connectivity index (χ0v) is 15.6. The Kier molecular flexibility index (Phi) is 6.79. The van der Waals surface area contributed by atoms with E-state index in [-0.39, 0.29) is 29.8 Å². The van der Waals surface area contributed by atoms with Crippen LogP contribution in [0.1, 0.15) is 5.56 Å². The number of nitrogens with zero attached hydrogens (tertiary/aromatic N) is 2. The molecule has 0 radical (unpaired) electrons. The number of ether oxygens (including phenoxy) is 1. The minimum atomic E-state index is -3.71. The fourth-order valence-electron chi connectivity index (χ4n) is 1.46. The van der Waals surface area contributed by atoms with Crippen molar-refractivity contribution in [1.29, 1.82) is 0 Å². The smallest absolute Gasteiger partial charge is 0.253 e. The van der Waals surface area contributed by atoms with Crippen molar-refractivity contribution in [2.24, 2.45) is 0 Å². The third-order valence-corrected chi connectivity index (χ3v) is 7.21. The second-order valence-corrected chi connectivity index (χ2v) is 9.18. The number of sulfonamides is 1. The molecular weight excluding hydrogens is 380 g/mol. The molecule has 0 atom stereocenters. The number of rotatable bonds is 7. The van der Waals surface area contributed by atoms with Crippen molar-refractivity contribution >= 4 is 43.2 Å². The van der Waals surface area contributed by atoms with Crippen LogP contribution in [0.2, 0.25) is 0 Å². The molecule has 21 heavy (non-hydrogen) atoms. The summed E-state index contributed by atoms with van der Waals surface area (Å²) >= 11 is 4.46. The molecule has 120 valence electrons. The van der Waals surface area contributed by atoms with Crippen molar-refractivity contribution in [1.82, 2.24) is 9.21 Å². The number of amides is 1. The van der Waals surface area contributed by atoms with Crippen molar-refractivity contribution in [3.05, 3.63) is 15.4 Å². The van der Waals surface area contributed by atoms with Crippen LogP contribution in [0, 0.1) is 6.92 Å². The molecule has 1 amide bonds. The van der Waals surface area contributed by atoms with Gasteiger partial charge in [0.1, 0.15) is 4.21 Å². The summed E-state index contributed by atoms with van der Waals surface area (Å²) in [4.78, 5) is 13.2. The van der Waals surface area contributed by atoms with Gasteiger partial charge in [0.25, 0.3) is 10.0 Å². The first kappa shape index (κ1) is 18.6. The fourth-order valence-corrected chi connectivity index (χ4v) is 5.21. The Balaban J connectivity index is 3.07. The van der Waals surface area contributed by atoms with E-state index in [1.54, 1.807) is 20.2 Å². The highest BCUT2D eigenvalue weighted by molar-refractivity contribution is 9.11. The standard InChI is InChI=1S/C12H19BrN2O4S2/c1-9-7-11(20-12(9)13)21(17,18)15(5-6-19-4)8-10(16)14(2)3/h7H,5-6,8H2,1-4H3. The van der Waals surface area contributed by atoms with E-state index >= 15 is 0 Å². The van der Waals surface area contributed by atoms with Gasteiger partial charge in [-0.05, 0) is 34.5 Å². The van der Waals surface area contributed by atoms with E-state index in [9.17, 15) is 13.2 Å². The van der Waals surface area contributed by atoms with Crippen LogP contribution in [0.25, 0.3) is 0 Å². The van der Waals surface area contributed by atoms with E-state index < -0.39 is 10.0 Å². The molecule has 0 saturated heterocycles. The van der Waals surface area contributed by atoms with Gasteiger partial charge in [-0.15, -0.1) is 11.3 Å². The largest absolute Gasteiger partial charge is 0.383 e. The van der Waals surface area contributed by atoms with E-state index in [0.29, 0.717) is 0 Å². The zero-order valence-electron chi connectivity index (χ0n) is 12.4. The quantitative estimate of drug-likeness (QED) is 0.698. The first-order chi connectivity index (χ1) is 9.70. The molecule has 0 aromatic carbocycles. The van der Waals surface area contributed by atoms with Crippen LogP contribution >= 0.6 is 27.3 Å². The molecule has 6 nitrogen and oxygen atoms in total. The first-order valence-corrected chi connectivity index (χ1v) is 9.20. The number of hydrogen-bond acceptors (Lipinski definition) is 5. The van der Waals surface area contributed by atoms with E-state index in [0.717, 1.165) is 25.0 Å². The molecule has 0 saturated carbocycles. The van der Waals surface area contributed by atoms with Crippen LogP contribution in [-0.2, 0) is 19.6 Å². The van der Waals surface area contributed by atoms with Gasteiger partial charge >= 0.3 is 0 Å². The molecular formula is C12H19BrN2O4S2. The molecule has 0 N–H and O–H groups in total. The number of halogens is 1. The highest BCUT2D eigenvalue weighted by Gasteiger charge is 2.29. The summed E-state index contributed by atoms with van der Waals surface area (Å²) in [6.45, 7) is 1.98. The Bertz CT molecular complexity index is 579. The maximum atomic E-state index is 12.7. The molecule has 0 bridgehead atoms. The number of aryl methyl sites for hydroxylation is 1. The molecule has 0 fully saturated rings. The molecule has 0 spiro atoms. The fraction of sp³-hybridized carbons (Fsp3) is 0.583. The van der Waals surface area contributed by atoms with Crippen molar-refractivity contribution in [2.45, 2.75) is 11.1 Å². The Morgan fingerprint density at radius 2 is 2.05 bits per heavy atom. The van der Waals surface area contributed by atoms with Crippen molar-refractivity contribution in [3.63, 3.8) is 0 Å². The number of carbonyl (C=O) groups excluding carboxylic acids is 1. The number of likely N-dealkylation sites (N-methyl/N-ethyl adjacent to an activating group) is 1. The topological polar surface area (TPSA) is 66.9 Å². The van der Waals surface area contributed by atoms with Crippen LogP contribution in [0.4, 0.5) is 0 Å². The molecule has 1 rings (SSSR count). The van der Waals surface area contributed by atoms with Crippen molar-refractivity contribution in [3.8, 4) is 0 Å². The third kappa shape index (κ3) is 4.75. The van der Waals surface area contributed by atoms with Gasteiger partial charge < -0.3 is 9.64 Å². The predicted molar refractivity (Wildman–Crippen MR) is 86.1 cm³/mol. The molecule has 0 aliphatic carbocycles. The molecule has 1 heterocycles. The maximum absolute atomic E-state index is 12.7. The van der Waals surface area contributed by atoms with Crippen LogP contribution in [0.3, 0.4) is 0 Å². The molecule has 1 aromatic heterocycles. The van der Waals surface area contributed by atoms with Gasteiger partial charge in [-0.2, -0.15) is 4.31 Å². The monoisotopic (exact) mass is 398 g/mol. The first-order valence-electron chi connectivity index (χ1n) is 6.15. The van der Waals surface area contributed by atoms with Crippen molar-refractivity contribution < 1.29 is 17.9 Å². The number of thiophene rings is 1. The minimum Gasteiger partial charge on any atom is -0.383 e. The summed E-state index contributed by atoms with van der Waals surface area (Å²) in [5.41, 5.74) is 0.851. The van der Waals surface area contributed by atoms with Gasteiger partial charge in [-0.25, -0.2) is 8.42 Å². The van der Waals surface area contributed by atoms with E-state index in [1.807, 2.05) is 6.92 Å². The Hall–Kier alpha value is -0.480. The van der Waals surface area contributed by atoms with Gasteiger partial charge in [0, 0.05) is 27.7 Å². The van der Waals surface area contributed by atoms with Crippen LogP contribution < -0.4 is 0 Å². The predicted octanol–water partition coefficient (Wildman–Crippen LogP) is 1.54. The second kappa shape index (κ2) is 7.68. The third-order valence-electron chi connectivity index (χ3n) is 2.78. The van der Waals surface area contributed by atoms with Crippen LogP contribution in [0.5, 0.6) is 0 Å². The normalized spacial score (nSPS) is 11.9. The van der Waals surface area contributed by atoms with E-state index in [1.165, 1.54) is 12.0 Å². The second-order valence-electron chi connectivity index (χ2n) is 4.64. The van der Waals surface area contributed by atoms with Crippen LogP contribution in [0.15, 0.2) is 14.1 Å². The molecule has 9 heteroatoms. The molecule has 0 unspecified atom stereocenters. The Morgan fingerprint density at radius 3 is 2.48 bits per heavy atom. The van der Waals surface area contributed by atoms with Crippen molar-refractivity contribution in [2.75, 3.05) is 40.9 Å². The summed E-state index contributed by atoms with van der Waals surface area (Å²) in [5, 5.41) is 0. The molecule has 0 aliphatic rings. The van der Waals surface area contributed by atoms with E-state index in [2.05, 4.69) is 15.9 Å². The average molecular weight is 399 g/mol. The van der Waals surface area contributed by atoms with Gasteiger partial charge in [-0.3, -0.25) is 4.79 Å². The summed E-state index contributed by atoms with van der Waals surface area (Å²) in [7, 11) is 0.966. The Morgan fingerprint density at radius 1 is 1.43 bits per heavy atom. The minimum absolute atomic E-state index is 0.132. The lowest BCUT2D eigenvalue weighted by Crippen LogP contribution is -2.41. The lowest BCUT2D eigenvalue weighted by Gasteiger charge is -2.22.